The van der Waals surface area contributed by atoms with Crippen LogP contribution >= 0.6 is 24.0 Å². The predicted octanol–water partition coefficient (Wildman–Crippen LogP) is 1.65. The Kier molecular flexibility index (Phi) is 9.71. The van der Waals surface area contributed by atoms with Gasteiger partial charge in [-0.3, -0.25) is 4.99 Å². The lowest BCUT2D eigenvalue weighted by Crippen LogP contribution is -2.33. The van der Waals surface area contributed by atoms with Crippen molar-refractivity contribution in [2.75, 3.05) is 19.7 Å². The van der Waals surface area contributed by atoms with Crippen molar-refractivity contribution >= 4 is 29.9 Å². The van der Waals surface area contributed by atoms with Gasteiger partial charge in [-0.15, -0.1) is 24.0 Å². The molecule has 1 unspecified atom stereocenters. The Balaban J connectivity index is 0.00000225. The first kappa shape index (κ1) is 15.7. The Bertz CT molecular complexity index is 225. The minimum atomic E-state index is 0. The molecular formula is C11H22IN3O. The Morgan fingerprint density at radius 3 is 3.06 bits per heavy atom. The Hall–Kier alpha value is -0.300. The lowest BCUT2D eigenvalue weighted by molar-refractivity contribution is 0.118. The minimum absolute atomic E-state index is 0. The fourth-order valence-corrected chi connectivity index (χ4v) is 1.49. The molecule has 0 aliphatic carbocycles. The third-order valence-corrected chi connectivity index (χ3v) is 2.34. The molecule has 5 heteroatoms. The van der Waals surface area contributed by atoms with Crippen molar-refractivity contribution in [2.24, 2.45) is 10.7 Å². The van der Waals surface area contributed by atoms with E-state index in [0.29, 0.717) is 12.5 Å². The van der Waals surface area contributed by atoms with Crippen molar-refractivity contribution < 1.29 is 4.74 Å². The van der Waals surface area contributed by atoms with E-state index in [4.69, 9.17) is 10.5 Å². The Morgan fingerprint density at radius 2 is 2.44 bits per heavy atom. The standard InChI is InChI=1S/C11H21N3O.HI/c1-2-3-4-7-13-11(12)14-9-10-6-5-8-15-10;/h2-3,10H,4-9H2,1H3,(H3,12,13,14);1H/b3-2+;. The number of allylic oxidation sites excluding steroid dienone is 1. The number of nitrogens with one attached hydrogen (secondary N) is 1. The van der Waals surface area contributed by atoms with Crippen molar-refractivity contribution in [2.45, 2.75) is 32.3 Å². The summed E-state index contributed by atoms with van der Waals surface area (Å²) in [5.74, 6) is 0.523. The summed E-state index contributed by atoms with van der Waals surface area (Å²) in [6.07, 6.45) is 7.64. The zero-order valence-corrected chi connectivity index (χ0v) is 12.1. The SMILES string of the molecule is C/C=C/CCNC(N)=NCC1CCCO1.I. The van der Waals surface area contributed by atoms with Gasteiger partial charge in [0.05, 0.1) is 12.6 Å². The average molecular weight is 339 g/mol. The van der Waals surface area contributed by atoms with Crippen molar-refractivity contribution in [3.63, 3.8) is 0 Å². The normalized spacial score (nSPS) is 21.1. The number of rotatable bonds is 5. The van der Waals surface area contributed by atoms with E-state index in [1.54, 1.807) is 0 Å². The summed E-state index contributed by atoms with van der Waals surface area (Å²) >= 11 is 0. The zero-order valence-electron chi connectivity index (χ0n) is 9.82. The molecule has 0 bridgehead atoms. The van der Waals surface area contributed by atoms with Gasteiger partial charge >= 0.3 is 0 Å². The number of hydrogen-bond acceptors (Lipinski definition) is 2. The molecule has 0 radical (unpaired) electrons. The van der Waals surface area contributed by atoms with Crippen LogP contribution in [-0.2, 0) is 4.74 Å². The van der Waals surface area contributed by atoms with Crippen LogP contribution in [0.15, 0.2) is 17.1 Å². The second-order valence-electron chi connectivity index (χ2n) is 3.65. The molecule has 0 aromatic carbocycles. The molecule has 0 spiro atoms. The van der Waals surface area contributed by atoms with E-state index in [0.717, 1.165) is 32.4 Å². The van der Waals surface area contributed by atoms with Gasteiger partial charge in [0.1, 0.15) is 0 Å². The quantitative estimate of drug-likeness (QED) is 0.263. The van der Waals surface area contributed by atoms with Crippen LogP contribution < -0.4 is 11.1 Å². The molecule has 1 atom stereocenters. The van der Waals surface area contributed by atoms with E-state index in [2.05, 4.69) is 16.4 Å². The monoisotopic (exact) mass is 339 g/mol. The molecule has 3 N–H and O–H groups in total. The number of aliphatic imine (C=N–C) groups is 1. The van der Waals surface area contributed by atoms with E-state index in [1.807, 2.05) is 13.0 Å². The first-order valence-electron chi connectivity index (χ1n) is 5.59. The van der Waals surface area contributed by atoms with Gasteiger partial charge in [0.15, 0.2) is 5.96 Å². The van der Waals surface area contributed by atoms with E-state index >= 15 is 0 Å². The summed E-state index contributed by atoms with van der Waals surface area (Å²) in [7, 11) is 0. The summed E-state index contributed by atoms with van der Waals surface area (Å²) in [5, 5.41) is 3.06. The second-order valence-corrected chi connectivity index (χ2v) is 3.65. The van der Waals surface area contributed by atoms with Crippen LogP contribution in [0.25, 0.3) is 0 Å². The molecule has 94 valence electrons. The first-order valence-corrected chi connectivity index (χ1v) is 5.59. The van der Waals surface area contributed by atoms with Crippen molar-refractivity contribution in [1.29, 1.82) is 0 Å². The highest BCUT2D eigenvalue weighted by Gasteiger charge is 2.14. The topological polar surface area (TPSA) is 59.6 Å². The van der Waals surface area contributed by atoms with Crippen LogP contribution in [-0.4, -0.2) is 31.8 Å². The van der Waals surface area contributed by atoms with Gasteiger partial charge in [-0.2, -0.15) is 0 Å². The van der Waals surface area contributed by atoms with Gasteiger partial charge < -0.3 is 15.8 Å². The Labute approximate surface area is 115 Å². The van der Waals surface area contributed by atoms with Gasteiger partial charge in [-0.1, -0.05) is 12.2 Å². The number of guanidine groups is 1. The van der Waals surface area contributed by atoms with E-state index in [9.17, 15) is 0 Å². The van der Waals surface area contributed by atoms with Crippen molar-refractivity contribution in [1.82, 2.24) is 5.32 Å². The minimum Gasteiger partial charge on any atom is -0.376 e. The molecular weight excluding hydrogens is 317 g/mol. The van der Waals surface area contributed by atoms with E-state index in [-0.39, 0.29) is 30.1 Å². The lowest BCUT2D eigenvalue weighted by atomic mass is 10.2. The predicted molar refractivity (Wildman–Crippen MR) is 78.3 cm³/mol. The molecule has 4 nitrogen and oxygen atoms in total. The molecule has 1 aliphatic heterocycles. The highest BCUT2D eigenvalue weighted by molar-refractivity contribution is 14.0. The average Bonchev–Trinajstić information content (AvgIpc) is 2.74. The molecule has 1 saturated heterocycles. The summed E-state index contributed by atoms with van der Waals surface area (Å²) < 4.78 is 5.44. The fraction of sp³-hybridized carbons (Fsp3) is 0.727. The summed E-state index contributed by atoms with van der Waals surface area (Å²) in [6, 6.07) is 0. The number of halogens is 1. The summed E-state index contributed by atoms with van der Waals surface area (Å²) in [6.45, 7) is 4.40. The maximum atomic E-state index is 5.69. The highest BCUT2D eigenvalue weighted by Crippen LogP contribution is 2.11. The fourth-order valence-electron chi connectivity index (χ4n) is 1.49. The molecule has 1 rings (SSSR count). The van der Waals surface area contributed by atoms with Crippen LogP contribution in [0.3, 0.4) is 0 Å². The maximum Gasteiger partial charge on any atom is 0.188 e. The number of ether oxygens (including phenoxy) is 1. The van der Waals surface area contributed by atoms with Gasteiger partial charge in [0, 0.05) is 13.2 Å². The molecule has 16 heavy (non-hydrogen) atoms. The number of nitrogens with zero attached hydrogens (tertiary/aromatic N) is 1. The third kappa shape index (κ3) is 7.05. The molecule has 0 saturated carbocycles. The Morgan fingerprint density at radius 1 is 1.62 bits per heavy atom. The van der Waals surface area contributed by atoms with Crippen molar-refractivity contribution in [3.05, 3.63) is 12.2 Å². The smallest absolute Gasteiger partial charge is 0.188 e. The van der Waals surface area contributed by atoms with Gasteiger partial charge in [-0.25, -0.2) is 0 Å². The summed E-state index contributed by atoms with van der Waals surface area (Å²) in [4.78, 5) is 4.24. The molecule has 0 aromatic rings. The number of hydrogen-bond donors (Lipinski definition) is 2. The van der Waals surface area contributed by atoms with E-state index in [1.165, 1.54) is 0 Å². The van der Waals surface area contributed by atoms with Crippen molar-refractivity contribution in [3.8, 4) is 0 Å². The molecule has 1 aliphatic rings. The van der Waals surface area contributed by atoms with Gasteiger partial charge in [-0.05, 0) is 26.2 Å². The van der Waals surface area contributed by atoms with Crippen LogP contribution in [0.5, 0.6) is 0 Å². The molecule has 1 heterocycles. The van der Waals surface area contributed by atoms with Crippen LogP contribution in [0, 0.1) is 0 Å². The largest absolute Gasteiger partial charge is 0.376 e. The van der Waals surface area contributed by atoms with Crippen LogP contribution in [0.2, 0.25) is 0 Å². The number of nitrogens with two attached hydrogens (primary N) is 1. The van der Waals surface area contributed by atoms with E-state index < -0.39 is 0 Å². The van der Waals surface area contributed by atoms with Crippen LogP contribution in [0.1, 0.15) is 26.2 Å². The highest BCUT2D eigenvalue weighted by atomic mass is 127. The summed E-state index contributed by atoms with van der Waals surface area (Å²) in [5.41, 5.74) is 5.69. The van der Waals surface area contributed by atoms with Gasteiger partial charge in [0.25, 0.3) is 0 Å². The molecule has 0 amide bonds. The maximum absolute atomic E-state index is 5.69. The molecule has 0 aromatic heterocycles. The lowest BCUT2D eigenvalue weighted by Gasteiger charge is -2.07. The van der Waals surface area contributed by atoms with Crippen LogP contribution in [0.4, 0.5) is 0 Å². The van der Waals surface area contributed by atoms with Gasteiger partial charge in [0.2, 0.25) is 0 Å². The zero-order chi connectivity index (χ0) is 10.9. The first-order chi connectivity index (χ1) is 7.33. The third-order valence-electron chi connectivity index (χ3n) is 2.34. The second kappa shape index (κ2) is 9.89. The molecule has 1 fully saturated rings.